The van der Waals surface area contributed by atoms with Gasteiger partial charge in [0.05, 0.1) is 12.2 Å². The SMILES string of the molecule is Cn1ncc2c1CCC[C@H]2NC(=O)CCc1ccc2c(c1)OCO2. The number of amides is 1. The Morgan fingerprint density at radius 3 is 3.17 bits per heavy atom. The lowest BCUT2D eigenvalue weighted by Gasteiger charge is -2.23. The van der Waals surface area contributed by atoms with Crippen molar-refractivity contribution in [1.29, 1.82) is 0 Å². The monoisotopic (exact) mass is 327 g/mol. The summed E-state index contributed by atoms with van der Waals surface area (Å²) < 4.78 is 12.6. The van der Waals surface area contributed by atoms with E-state index >= 15 is 0 Å². The highest BCUT2D eigenvalue weighted by Gasteiger charge is 2.24. The molecule has 2 aliphatic rings. The van der Waals surface area contributed by atoms with Crippen molar-refractivity contribution in [3.63, 3.8) is 0 Å². The Labute approximate surface area is 140 Å². The zero-order valence-corrected chi connectivity index (χ0v) is 13.7. The number of rotatable bonds is 4. The molecular formula is C18H21N3O3. The van der Waals surface area contributed by atoms with E-state index in [4.69, 9.17) is 9.47 Å². The van der Waals surface area contributed by atoms with Crippen LogP contribution in [0.15, 0.2) is 24.4 Å². The first-order valence-electron chi connectivity index (χ1n) is 8.39. The maximum absolute atomic E-state index is 12.3. The van der Waals surface area contributed by atoms with Crippen LogP contribution >= 0.6 is 0 Å². The van der Waals surface area contributed by atoms with Crippen molar-refractivity contribution in [2.45, 2.75) is 38.1 Å². The Hall–Kier alpha value is -2.50. The first-order chi connectivity index (χ1) is 11.7. The van der Waals surface area contributed by atoms with Gasteiger partial charge in [-0.15, -0.1) is 0 Å². The third kappa shape index (κ3) is 2.84. The molecule has 1 aromatic heterocycles. The Kier molecular flexibility index (Phi) is 3.88. The molecule has 1 aromatic carbocycles. The fourth-order valence-corrected chi connectivity index (χ4v) is 3.48. The number of ether oxygens (including phenoxy) is 2. The van der Waals surface area contributed by atoms with Gasteiger partial charge in [-0.1, -0.05) is 6.07 Å². The average Bonchev–Trinajstić information content (AvgIpc) is 3.20. The lowest BCUT2D eigenvalue weighted by Crippen LogP contribution is -2.31. The number of hydrogen-bond acceptors (Lipinski definition) is 4. The summed E-state index contributed by atoms with van der Waals surface area (Å²) in [5.41, 5.74) is 3.49. The minimum absolute atomic E-state index is 0.0781. The summed E-state index contributed by atoms with van der Waals surface area (Å²) in [5, 5.41) is 7.48. The first-order valence-corrected chi connectivity index (χ1v) is 8.39. The normalized spacial score (nSPS) is 18.3. The molecule has 0 saturated carbocycles. The van der Waals surface area contributed by atoms with Crippen molar-refractivity contribution < 1.29 is 14.3 Å². The molecule has 1 aliphatic heterocycles. The highest BCUT2D eigenvalue weighted by molar-refractivity contribution is 5.76. The van der Waals surface area contributed by atoms with E-state index in [-0.39, 0.29) is 18.7 Å². The average molecular weight is 327 g/mol. The number of hydrogen-bond donors (Lipinski definition) is 1. The minimum Gasteiger partial charge on any atom is -0.454 e. The van der Waals surface area contributed by atoms with E-state index in [1.807, 2.05) is 36.1 Å². The highest BCUT2D eigenvalue weighted by atomic mass is 16.7. The highest BCUT2D eigenvalue weighted by Crippen LogP contribution is 2.33. The van der Waals surface area contributed by atoms with Crippen LogP contribution in [0.2, 0.25) is 0 Å². The second-order valence-corrected chi connectivity index (χ2v) is 6.37. The van der Waals surface area contributed by atoms with E-state index < -0.39 is 0 Å². The van der Waals surface area contributed by atoms with Gasteiger partial charge in [0.25, 0.3) is 0 Å². The van der Waals surface area contributed by atoms with Gasteiger partial charge in [0, 0.05) is 24.7 Å². The van der Waals surface area contributed by atoms with Crippen LogP contribution in [0.5, 0.6) is 11.5 Å². The van der Waals surface area contributed by atoms with E-state index in [9.17, 15) is 4.79 Å². The minimum atomic E-state index is 0.0781. The Morgan fingerprint density at radius 1 is 1.38 bits per heavy atom. The van der Waals surface area contributed by atoms with Gasteiger partial charge < -0.3 is 14.8 Å². The van der Waals surface area contributed by atoms with Crippen LogP contribution in [0.1, 0.15) is 42.1 Å². The fourth-order valence-electron chi connectivity index (χ4n) is 3.48. The van der Waals surface area contributed by atoms with Crippen molar-refractivity contribution in [2.75, 3.05) is 6.79 Å². The molecule has 2 aromatic rings. The molecule has 126 valence electrons. The maximum atomic E-state index is 12.3. The van der Waals surface area contributed by atoms with Gasteiger partial charge in [-0.3, -0.25) is 9.48 Å². The Morgan fingerprint density at radius 2 is 2.25 bits per heavy atom. The number of nitrogens with zero attached hydrogens (tertiary/aromatic N) is 2. The third-order valence-electron chi connectivity index (χ3n) is 4.79. The summed E-state index contributed by atoms with van der Waals surface area (Å²) in [6.45, 7) is 0.272. The van der Waals surface area contributed by atoms with Crippen LogP contribution in [0.25, 0.3) is 0 Å². The van der Waals surface area contributed by atoms with E-state index in [0.717, 1.165) is 36.3 Å². The van der Waals surface area contributed by atoms with Gasteiger partial charge in [-0.05, 0) is 43.4 Å². The van der Waals surface area contributed by atoms with Crippen molar-refractivity contribution in [3.8, 4) is 11.5 Å². The number of fused-ring (bicyclic) bond motifs is 2. The number of nitrogens with one attached hydrogen (secondary N) is 1. The molecule has 1 amide bonds. The van der Waals surface area contributed by atoms with Gasteiger partial charge in [-0.2, -0.15) is 5.10 Å². The fraction of sp³-hybridized carbons (Fsp3) is 0.444. The summed E-state index contributed by atoms with van der Waals surface area (Å²) >= 11 is 0. The van der Waals surface area contributed by atoms with Crippen molar-refractivity contribution >= 4 is 5.91 Å². The molecule has 2 heterocycles. The van der Waals surface area contributed by atoms with Crippen LogP contribution in [-0.4, -0.2) is 22.5 Å². The lowest BCUT2D eigenvalue weighted by molar-refractivity contribution is -0.121. The Bertz CT molecular complexity index is 769. The van der Waals surface area contributed by atoms with Crippen LogP contribution < -0.4 is 14.8 Å². The number of carbonyl (C=O) groups excluding carboxylic acids is 1. The molecule has 1 N–H and O–H groups in total. The van der Waals surface area contributed by atoms with Gasteiger partial charge in [0.15, 0.2) is 11.5 Å². The summed E-state index contributed by atoms with van der Waals surface area (Å²) in [6, 6.07) is 5.93. The molecule has 1 atom stereocenters. The van der Waals surface area contributed by atoms with E-state index in [1.54, 1.807) is 0 Å². The van der Waals surface area contributed by atoms with E-state index in [1.165, 1.54) is 11.3 Å². The molecule has 0 spiro atoms. The van der Waals surface area contributed by atoms with Gasteiger partial charge in [-0.25, -0.2) is 0 Å². The third-order valence-corrected chi connectivity index (χ3v) is 4.79. The molecular weight excluding hydrogens is 306 g/mol. The largest absolute Gasteiger partial charge is 0.454 e. The topological polar surface area (TPSA) is 65.4 Å². The molecule has 6 nitrogen and oxygen atoms in total. The lowest BCUT2D eigenvalue weighted by atomic mass is 9.93. The molecule has 0 radical (unpaired) electrons. The van der Waals surface area contributed by atoms with Crippen molar-refractivity contribution in [2.24, 2.45) is 7.05 Å². The van der Waals surface area contributed by atoms with Gasteiger partial charge in [0.2, 0.25) is 12.7 Å². The Balaban J connectivity index is 1.36. The summed E-state index contributed by atoms with van der Waals surface area (Å²) in [5.74, 6) is 1.61. The van der Waals surface area contributed by atoms with Gasteiger partial charge in [0.1, 0.15) is 0 Å². The van der Waals surface area contributed by atoms with Gasteiger partial charge >= 0.3 is 0 Å². The first kappa shape index (κ1) is 15.1. The summed E-state index contributed by atoms with van der Waals surface area (Å²) in [7, 11) is 1.96. The number of benzene rings is 1. The molecule has 24 heavy (non-hydrogen) atoms. The van der Waals surface area contributed by atoms with Crippen LogP contribution in [0, 0.1) is 0 Å². The second-order valence-electron chi connectivity index (χ2n) is 6.37. The molecule has 0 saturated heterocycles. The zero-order valence-electron chi connectivity index (χ0n) is 13.7. The quantitative estimate of drug-likeness (QED) is 0.935. The molecule has 4 rings (SSSR count). The van der Waals surface area contributed by atoms with Crippen LogP contribution in [0.3, 0.4) is 0 Å². The number of aromatic nitrogens is 2. The molecule has 0 unspecified atom stereocenters. The summed E-state index contributed by atoms with van der Waals surface area (Å²) in [4.78, 5) is 12.3. The zero-order chi connectivity index (χ0) is 16.5. The van der Waals surface area contributed by atoms with E-state index in [0.29, 0.717) is 12.8 Å². The van der Waals surface area contributed by atoms with Crippen LogP contribution in [-0.2, 0) is 24.7 Å². The maximum Gasteiger partial charge on any atom is 0.231 e. The predicted octanol–water partition coefficient (Wildman–Crippen LogP) is 2.28. The number of carbonyl (C=O) groups is 1. The molecule has 0 bridgehead atoms. The molecule has 6 heteroatoms. The summed E-state index contributed by atoms with van der Waals surface area (Å²) in [6.07, 6.45) is 6.14. The number of aryl methyl sites for hydroxylation is 2. The smallest absolute Gasteiger partial charge is 0.231 e. The molecule has 0 fully saturated rings. The second kappa shape index (κ2) is 6.19. The molecule has 1 aliphatic carbocycles. The predicted molar refractivity (Wildman–Crippen MR) is 87.9 cm³/mol. The van der Waals surface area contributed by atoms with E-state index in [2.05, 4.69) is 10.4 Å². The standard InChI is InChI=1S/C18H21N3O3/c1-21-15-4-2-3-14(13(15)10-19-21)20-18(22)8-6-12-5-7-16-17(9-12)24-11-23-16/h5,7,9-10,14H,2-4,6,8,11H2,1H3,(H,20,22)/t14-/m1/s1. The van der Waals surface area contributed by atoms with Crippen molar-refractivity contribution in [3.05, 3.63) is 41.2 Å². The van der Waals surface area contributed by atoms with Crippen molar-refractivity contribution in [1.82, 2.24) is 15.1 Å². The van der Waals surface area contributed by atoms with Crippen LogP contribution in [0.4, 0.5) is 0 Å².